The van der Waals surface area contributed by atoms with Crippen molar-refractivity contribution in [2.24, 2.45) is 0 Å². The topological polar surface area (TPSA) is 71.4 Å². The first-order chi connectivity index (χ1) is 15.8. The monoisotopic (exact) mass is 453 g/mol. The molecule has 8 heteroatoms. The fourth-order valence-corrected chi connectivity index (χ4v) is 4.13. The van der Waals surface area contributed by atoms with Gasteiger partial charge in [0.15, 0.2) is 11.5 Å². The summed E-state index contributed by atoms with van der Waals surface area (Å²) >= 11 is 0. The number of alkyl halides is 3. The van der Waals surface area contributed by atoms with Crippen molar-refractivity contribution >= 4 is 11.6 Å². The number of amides is 1. The number of hydrogen-bond donors (Lipinski definition) is 1. The molecular weight excluding hydrogens is 433 g/mol. The van der Waals surface area contributed by atoms with Crippen LogP contribution in [0.4, 0.5) is 18.9 Å². The molecule has 33 heavy (non-hydrogen) atoms. The molecule has 1 fully saturated rings. The fraction of sp³-hybridized carbons (Fsp3) is 0.240. The van der Waals surface area contributed by atoms with E-state index in [-0.39, 0.29) is 30.5 Å². The Morgan fingerprint density at radius 1 is 0.970 bits per heavy atom. The summed E-state index contributed by atoms with van der Waals surface area (Å²) in [4.78, 5) is 13.1. The molecule has 1 aliphatic carbocycles. The van der Waals surface area contributed by atoms with Gasteiger partial charge in [-0.3, -0.25) is 10.5 Å². The lowest BCUT2D eigenvalue weighted by Gasteiger charge is -2.19. The van der Waals surface area contributed by atoms with E-state index in [1.165, 1.54) is 12.1 Å². The first-order valence-electron chi connectivity index (χ1n) is 10.5. The van der Waals surface area contributed by atoms with Gasteiger partial charge in [-0.15, -0.1) is 0 Å². The van der Waals surface area contributed by atoms with E-state index in [0.717, 1.165) is 17.2 Å². The number of anilines is 1. The second kappa shape index (κ2) is 7.81. The van der Waals surface area contributed by atoms with Gasteiger partial charge in [0.1, 0.15) is 0 Å². The quantitative estimate of drug-likeness (QED) is 0.550. The second-order valence-electron chi connectivity index (χ2n) is 8.24. The highest BCUT2D eigenvalue weighted by molar-refractivity contribution is 6.01. The zero-order chi connectivity index (χ0) is 23.2. The Bertz CT molecular complexity index is 1220. The zero-order valence-electron chi connectivity index (χ0n) is 17.5. The van der Waals surface area contributed by atoms with Gasteiger partial charge in [0.05, 0.1) is 11.0 Å². The molecule has 3 aromatic carbocycles. The molecule has 0 unspecified atom stereocenters. The van der Waals surface area contributed by atoms with Crippen molar-refractivity contribution in [1.29, 1.82) is 0 Å². The summed E-state index contributed by atoms with van der Waals surface area (Å²) in [5, 5.41) is 2.68. The summed E-state index contributed by atoms with van der Waals surface area (Å²) in [6.07, 6.45) is -3.39. The maximum absolute atomic E-state index is 13.9. The molecule has 169 valence electrons. The molecule has 2 N–H and O–H groups in total. The number of fused-ring (bicyclic) bond motifs is 1. The summed E-state index contributed by atoms with van der Waals surface area (Å²) in [5.41, 5.74) is 7.74. The minimum absolute atomic E-state index is 0.0222. The van der Waals surface area contributed by atoms with E-state index in [4.69, 9.17) is 15.2 Å². The van der Waals surface area contributed by atoms with E-state index in [0.29, 0.717) is 29.9 Å². The van der Waals surface area contributed by atoms with E-state index in [2.05, 4.69) is 5.32 Å². The average Bonchev–Trinajstić information content (AvgIpc) is 3.49. The van der Waals surface area contributed by atoms with Crippen LogP contribution in [-0.2, 0) is 22.9 Å². The number of ether oxygens (including phenoxy) is 2. The van der Waals surface area contributed by atoms with Gasteiger partial charge in [-0.05, 0) is 59.4 Å². The third-order valence-corrected chi connectivity index (χ3v) is 6.16. The van der Waals surface area contributed by atoms with Crippen molar-refractivity contribution < 1.29 is 27.4 Å². The van der Waals surface area contributed by atoms with Gasteiger partial charge in [0.2, 0.25) is 12.7 Å². The molecule has 3 aromatic rings. The number of carbonyl (C=O) groups excluding carboxylic acids is 1. The van der Waals surface area contributed by atoms with Gasteiger partial charge in [-0.1, -0.05) is 36.4 Å². The molecule has 0 saturated heterocycles. The van der Waals surface area contributed by atoms with Crippen LogP contribution in [0, 0.1) is 0 Å². The van der Waals surface area contributed by atoms with Gasteiger partial charge < -0.3 is 14.8 Å². The number of carbonyl (C=O) groups is 1. The van der Waals surface area contributed by atoms with Crippen LogP contribution in [0.5, 0.6) is 11.5 Å². The van der Waals surface area contributed by atoms with Crippen LogP contribution in [-0.4, -0.2) is 12.7 Å². The molecule has 0 spiro atoms. The molecule has 1 heterocycles. The lowest BCUT2D eigenvalue weighted by Crippen LogP contribution is -2.28. The van der Waals surface area contributed by atoms with Gasteiger partial charge in [-0.2, -0.15) is 13.2 Å². The Kier molecular flexibility index (Phi) is 5.05. The van der Waals surface area contributed by atoms with Gasteiger partial charge in [-0.25, -0.2) is 0 Å². The summed E-state index contributed by atoms with van der Waals surface area (Å²) in [7, 11) is 0. The van der Waals surface area contributed by atoms with Crippen LogP contribution in [0.25, 0.3) is 11.1 Å². The summed E-state index contributed by atoms with van der Waals surface area (Å²) < 4.78 is 52.3. The Labute approximate surface area is 188 Å². The standard InChI is InChI=1S/C25H20F3N2O3/c26-25(27,28)20-12-18(6-7-19(20)16-3-1-15(13-29)2-4-16)30-23(31)24(9-10-24)17-5-8-21-22(11-17)33-14-32-21/h1-8,11-12,29H,9-10,13-14H2,(H,30,31). The van der Waals surface area contributed by atoms with E-state index in [1.54, 1.807) is 42.5 Å². The zero-order valence-corrected chi connectivity index (χ0v) is 17.5. The summed E-state index contributed by atoms with van der Waals surface area (Å²) in [6.45, 7) is 0.179. The van der Waals surface area contributed by atoms with E-state index in [9.17, 15) is 18.0 Å². The third kappa shape index (κ3) is 3.91. The highest BCUT2D eigenvalue weighted by Crippen LogP contribution is 2.51. The molecule has 1 aliphatic heterocycles. The predicted octanol–water partition coefficient (Wildman–Crippen LogP) is 5.55. The predicted molar refractivity (Wildman–Crippen MR) is 116 cm³/mol. The van der Waals surface area contributed by atoms with Crippen LogP contribution in [0.3, 0.4) is 0 Å². The molecule has 1 radical (unpaired) electrons. The van der Waals surface area contributed by atoms with Crippen LogP contribution >= 0.6 is 0 Å². The Balaban J connectivity index is 1.43. The number of nitrogens with one attached hydrogen (secondary N) is 2. The van der Waals surface area contributed by atoms with Crippen molar-refractivity contribution in [2.75, 3.05) is 12.1 Å². The van der Waals surface area contributed by atoms with Crippen molar-refractivity contribution in [1.82, 2.24) is 5.73 Å². The minimum atomic E-state index is -4.60. The average molecular weight is 453 g/mol. The summed E-state index contributed by atoms with van der Waals surface area (Å²) in [5.74, 6) is 0.824. The van der Waals surface area contributed by atoms with Crippen molar-refractivity contribution in [3.8, 4) is 22.6 Å². The number of benzene rings is 3. The first kappa shape index (κ1) is 21.3. The highest BCUT2D eigenvalue weighted by Gasteiger charge is 2.51. The van der Waals surface area contributed by atoms with Crippen LogP contribution in [0.15, 0.2) is 60.7 Å². The molecule has 0 bridgehead atoms. The normalized spacial score (nSPS) is 15.9. The van der Waals surface area contributed by atoms with Crippen LogP contribution in [0.2, 0.25) is 0 Å². The van der Waals surface area contributed by atoms with Crippen molar-refractivity contribution in [3.05, 3.63) is 77.4 Å². The molecule has 2 aliphatic rings. The van der Waals surface area contributed by atoms with Gasteiger partial charge >= 0.3 is 6.18 Å². The Morgan fingerprint density at radius 3 is 2.36 bits per heavy atom. The van der Waals surface area contributed by atoms with Crippen molar-refractivity contribution in [3.63, 3.8) is 0 Å². The van der Waals surface area contributed by atoms with Crippen LogP contribution in [0.1, 0.15) is 29.5 Å². The summed E-state index contributed by atoms with van der Waals surface area (Å²) in [6, 6.07) is 15.6. The second-order valence-corrected chi connectivity index (χ2v) is 8.24. The Morgan fingerprint density at radius 2 is 1.70 bits per heavy atom. The third-order valence-electron chi connectivity index (χ3n) is 6.16. The van der Waals surface area contributed by atoms with Crippen LogP contribution < -0.4 is 20.5 Å². The van der Waals surface area contributed by atoms with Crippen molar-refractivity contribution in [2.45, 2.75) is 31.0 Å². The van der Waals surface area contributed by atoms with E-state index < -0.39 is 17.2 Å². The lowest BCUT2D eigenvalue weighted by atomic mass is 9.94. The largest absolute Gasteiger partial charge is 0.454 e. The number of halogens is 3. The fourth-order valence-electron chi connectivity index (χ4n) is 4.13. The molecule has 0 atom stereocenters. The minimum Gasteiger partial charge on any atom is -0.454 e. The molecule has 1 amide bonds. The maximum atomic E-state index is 13.9. The van der Waals surface area contributed by atoms with E-state index in [1.807, 2.05) is 0 Å². The molecule has 5 rings (SSSR count). The van der Waals surface area contributed by atoms with Gasteiger partial charge in [0.25, 0.3) is 0 Å². The molecule has 5 nitrogen and oxygen atoms in total. The first-order valence-corrected chi connectivity index (χ1v) is 10.5. The number of rotatable bonds is 5. The maximum Gasteiger partial charge on any atom is 0.417 e. The number of hydrogen-bond acceptors (Lipinski definition) is 3. The molecular formula is C25H20F3N2O3. The highest BCUT2D eigenvalue weighted by atomic mass is 19.4. The van der Waals surface area contributed by atoms with E-state index >= 15 is 0 Å². The Hall–Kier alpha value is -3.52. The SMILES string of the molecule is [NH]Cc1ccc(-c2ccc(NC(=O)C3(c4ccc5c(c4)OCO5)CC3)cc2C(F)(F)F)cc1. The molecule has 0 aromatic heterocycles. The smallest absolute Gasteiger partial charge is 0.417 e. The van der Waals surface area contributed by atoms with Gasteiger partial charge in [0, 0.05) is 12.2 Å². The lowest BCUT2D eigenvalue weighted by molar-refractivity contribution is -0.137. The molecule has 1 saturated carbocycles.